The van der Waals surface area contributed by atoms with Crippen LogP contribution in [0.2, 0.25) is 0 Å². The van der Waals surface area contributed by atoms with Crippen molar-refractivity contribution in [3.8, 4) is 10.6 Å². The Morgan fingerprint density at radius 1 is 1.07 bits per heavy atom. The average molecular weight is 382 g/mol. The first kappa shape index (κ1) is 18.3. The van der Waals surface area contributed by atoms with Gasteiger partial charge in [-0.15, -0.1) is 11.3 Å². The molecule has 0 atom stereocenters. The molecule has 4 rings (SSSR count). The summed E-state index contributed by atoms with van der Waals surface area (Å²) in [5.74, 6) is 0.0906. The van der Waals surface area contributed by atoms with Crippen molar-refractivity contribution in [2.75, 3.05) is 26.2 Å². The summed E-state index contributed by atoms with van der Waals surface area (Å²) in [6, 6.07) is 14.6. The van der Waals surface area contributed by atoms with Gasteiger partial charge in [-0.2, -0.15) is 0 Å². The Hall–Kier alpha value is -2.11. The van der Waals surface area contributed by atoms with Gasteiger partial charge >= 0.3 is 0 Å². The van der Waals surface area contributed by atoms with E-state index in [4.69, 9.17) is 0 Å². The van der Waals surface area contributed by atoms with Gasteiger partial charge in [0.1, 0.15) is 6.54 Å². The number of amides is 1. The number of carbonyl (C=O) groups excluding carboxylic acids is 1. The third-order valence-corrected chi connectivity index (χ3v) is 6.20. The molecule has 0 radical (unpaired) electrons. The van der Waals surface area contributed by atoms with E-state index in [0.29, 0.717) is 6.54 Å². The summed E-state index contributed by atoms with van der Waals surface area (Å²) in [6.45, 7) is 4.64. The highest BCUT2D eigenvalue weighted by molar-refractivity contribution is 7.13. The van der Waals surface area contributed by atoms with Gasteiger partial charge in [0, 0.05) is 17.4 Å². The van der Waals surface area contributed by atoms with Crippen LogP contribution in [0.3, 0.4) is 0 Å². The van der Waals surface area contributed by atoms with Gasteiger partial charge < -0.3 is 14.8 Å². The first-order chi connectivity index (χ1) is 13.3. The summed E-state index contributed by atoms with van der Waals surface area (Å²) >= 11 is 1.71. The molecular weight excluding hydrogens is 354 g/mol. The van der Waals surface area contributed by atoms with Gasteiger partial charge in [-0.05, 0) is 62.5 Å². The monoisotopic (exact) mass is 381 g/mol. The molecule has 3 heterocycles. The molecule has 1 amide bonds. The predicted octanol–water partition coefficient (Wildman–Crippen LogP) is 4.36. The molecule has 0 aliphatic carbocycles. The number of hydrogen-bond acceptors (Lipinski definition) is 3. The van der Waals surface area contributed by atoms with Gasteiger partial charge in [-0.25, -0.2) is 0 Å². The van der Waals surface area contributed by atoms with Gasteiger partial charge in [-0.1, -0.05) is 30.7 Å². The van der Waals surface area contributed by atoms with E-state index in [2.05, 4.69) is 50.5 Å². The van der Waals surface area contributed by atoms with Crippen LogP contribution in [-0.4, -0.2) is 41.6 Å². The van der Waals surface area contributed by atoms with Gasteiger partial charge in [0.05, 0.1) is 10.6 Å². The fourth-order valence-electron chi connectivity index (χ4n) is 3.92. The number of nitrogens with one attached hydrogen (secondary N) is 1. The van der Waals surface area contributed by atoms with E-state index in [1.807, 2.05) is 12.1 Å². The molecule has 142 valence electrons. The normalized spacial score (nSPS) is 15.3. The zero-order chi connectivity index (χ0) is 18.5. The lowest BCUT2D eigenvalue weighted by Crippen LogP contribution is -2.34. The first-order valence-corrected chi connectivity index (χ1v) is 10.8. The van der Waals surface area contributed by atoms with Crippen LogP contribution >= 0.6 is 11.3 Å². The van der Waals surface area contributed by atoms with Gasteiger partial charge in [0.2, 0.25) is 5.91 Å². The Bertz CT molecular complexity index is 878. The summed E-state index contributed by atoms with van der Waals surface area (Å²) in [5.41, 5.74) is 2.24. The van der Waals surface area contributed by atoms with Crippen LogP contribution in [0, 0.1) is 0 Å². The molecule has 0 unspecified atom stereocenters. The van der Waals surface area contributed by atoms with Crippen LogP contribution in [0.15, 0.2) is 47.8 Å². The number of aromatic nitrogens is 1. The number of nitrogens with zero attached hydrogens (tertiary/aromatic N) is 2. The lowest BCUT2D eigenvalue weighted by molar-refractivity contribution is -0.121. The third-order valence-electron chi connectivity index (χ3n) is 5.31. The molecule has 2 aromatic heterocycles. The van der Waals surface area contributed by atoms with Crippen molar-refractivity contribution in [3.05, 3.63) is 47.8 Å². The highest BCUT2D eigenvalue weighted by Crippen LogP contribution is 2.31. The number of benzene rings is 1. The topological polar surface area (TPSA) is 37.3 Å². The zero-order valence-electron chi connectivity index (χ0n) is 15.7. The minimum Gasteiger partial charge on any atom is -0.355 e. The highest BCUT2D eigenvalue weighted by atomic mass is 32.1. The fourth-order valence-corrected chi connectivity index (χ4v) is 4.67. The average Bonchev–Trinajstić information content (AvgIpc) is 3.34. The SMILES string of the molecule is O=C(Cn1c(-c2cccs2)cc2ccccc21)NCCCN1CCCCC1. The van der Waals surface area contributed by atoms with Crippen molar-refractivity contribution >= 4 is 28.1 Å². The molecule has 1 aliphatic rings. The molecule has 0 saturated carbocycles. The first-order valence-electron chi connectivity index (χ1n) is 9.92. The van der Waals surface area contributed by atoms with E-state index in [0.717, 1.165) is 30.7 Å². The number of fused-ring (bicyclic) bond motifs is 1. The van der Waals surface area contributed by atoms with Crippen LogP contribution < -0.4 is 5.32 Å². The van der Waals surface area contributed by atoms with Crippen LogP contribution in [0.5, 0.6) is 0 Å². The number of para-hydroxylation sites is 1. The molecule has 1 saturated heterocycles. The van der Waals surface area contributed by atoms with Gasteiger partial charge in [0.15, 0.2) is 0 Å². The summed E-state index contributed by atoms with van der Waals surface area (Å²) in [5, 5.41) is 6.38. The fraction of sp³-hybridized carbons (Fsp3) is 0.409. The van der Waals surface area contributed by atoms with Crippen molar-refractivity contribution in [3.63, 3.8) is 0 Å². The number of likely N-dealkylation sites (tertiary alicyclic amines) is 1. The number of hydrogen-bond donors (Lipinski definition) is 1. The Morgan fingerprint density at radius 2 is 1.93 bits per heavy atom. The van der Waals surface area contributed by atoms with E-state index in [1.54, 1.807) is 11.3 Å². The van der Waals surface area contributed by atoms with E-state index in [1.165, 1.54) is 42.6 Å². The van der Waals surface area contributed by atoms with Crippen molar-refractivity contribution in [1.29, 1.82) is 0 Å². The molecule has 0 bridgehead atoms. The molecular formula is C22H27N3OS. The molecule has 3 aromatic rings. The summed E-state index contributed by atoms with van der Waals surface area (Å²) < 4.78 is 2.14. The zero-order valence-corrected chi connectivity index (χ0v) is 16.5. The number of piperidine rings is 1. The Labute approximate surface area is 164 Å². The molecule has 1 aromatic carbocycles. The molecule has 4 nitrogen and oxygen atoms in total. The standard InChI is InChI=1S/C22H27N3OS/c26-22(23-11-7-14-24-12-4-1-5-13-24)17-25-19-9-3-2-8-18(19)16-20(25)21-10-6-15-27-21/h2-3,6,8-10,15-16H,1,4-5,7,11-14,17H2,(H,23,26). The Morgan fingerprint density at radius 3 is 2.74 bits per heavy atom. The van der Waals surface area contributed by atoms with Crippen LogP contribution in [0.25, 0.3) is 21.5 Å². The second-order valence-corrected chi connectivity index (χ2v) is 8.21. The van der Waals surface area contributed by atoms with Crippen LogP contribution in [-0.2, 0) is 11.3 Å². The van der Waals surface area contributed by atoms with E-state index >= 15 is 0 Å². The number of rotatable bonds is 7. The number of thiophene rings is 1. The Balaban J connectivity index is 1.39. The molecule has 5 heteroatoms. The predicted molar refractivity (Wildman–Crippen MR) is 113 cm³/mol. The third kappa shape index (κ3) is 4.42. The summed E-state index contributed by atoms with van der Waals surface area (Å²) in [4.78, 5) is 16.3. The van der Waals surface area contributed by atoms with Crippen molar-refractivity contribution in [2.24, 2.45) is 0 Å². The maximum absolute atomic E-state index is 12.6. The quantitative estimate of drug-likeness (QED) is 0.617. The summed E-state index contributed by atoms with van der Waals surface area (Å²) in [6.07, 6.45) is 5.03. The minimum atomic E-state index is 0.0906. The second kappa shape index (κ2) is 8.72. The van der Waals surface area contributed by atoms with Crippen LogP contribution in [0.1, 0.15) is 25.7 Å². The second-order valence-electron chi connectivity index (χ2n) is 7.26. The van der Waals surface area contributed by atoms with E-state index < -0.39 is 0 Å². The van der Waals surface area contributed by atoms with Crippen molar-refractivity contribution < 1.29 is 4.79 Å². The van der Waals surface area contributed by atoms with Crippen molar-refractivity contribution in [2.45, 2.75) is 32.2 Å². The molecule has 1 fully saturated rings. The van der Waals surface area contributed by atoms with Gasteiger partial charge in [-0.3, -0.25) is 4.79 Å². The summed E-state index contributed by atoms with van der Waals surface area (Å²) in [7, 11) is 0. The maximum Gasteiger partial charge on any atom is 0.239 e. The molecule has 1 aliphatic heterocycles. The highest BCUT2D eigenvalue weighted by Gasteiger charge is 2.14. The number of carbonyl (C=O) groups is 1. The van der Waals surface area contributed by atoms with Crippen LogP contribution in [0.4, 0.5) is 0 Å². The maximum atomic E-state index is 12.6. The molecule has 27 heavy (non-hydrogen) atoms. The van der Waals surface area contributed by atoms with E-state index in [-0.39, 0.29) is 5.91 Å². The smallest absolute Gasteiger partial charge is 0.239 e. The molecule has 0 spiro atoms. The molecule has 1 N–H and O–H groups in total. The lowest BCUT2D eigenvalue weighted by Gasteiger charge is -2.26. The van der Waals surface area contributed by atoms with Crippen molar-refractivity contribution in [1.82, 2.24) is 14.8 Å². The Kier molecular flexibility index (Phi) is 5.90. The van der Waals surface area contributed by atoms with Gasteiger partial charge in [0.25, 0.3) is 0 Å². The van der Waals surface area contributed by atoms with E-state index in [9.17, 15) is 4.79 Å². The minimum absolute atomic E-state index is 0.0906. The largest absolute Gasteiger partial charge is 0.355 e. The lowest BCUT2D eigenvalue weighted by atomic mass is 10.1.